The smallest absolute Gasteiger partial charge is 0.226 e. The van der Waals surface area contributed by atoms with Gasteiger partial charge in [0.1, 0.15) is 5.75 Å². The van der Waals surface area contributed by atoms with Gasteiger partial charge in [-0.2, -0.15) is 0 Å². The first-order valence-electron chi connectivity index (χ1n) is 7.75. The summed E-state index contributed by atoms with van der Waals surface area (Å²) >= 11 is 0. The SMILES string of the molecule is CNC1(CC(=O)Nc2ccc(C)c(O)c2C)CCCCC1. The Hall–Kier alpha value is -1.55. The average Bonchev–Trinajstić information content (AvgIpc) is 2.49. The Kier molecular flexibility index (Phi) is 4.88. The molecule has 4 heteroatoms. The molecule has 1 aliphatic rings. The van der Waals surface area contributed by atoms with Crippen LogP contribution in [0.5, 0.6) is 5.75 Å². The molecular formula is C17H26N2O2. The minimum atomic E-state index is -0.0665. The molecule has 0 bridgehead atoms. The molecule has 0 aromatic heterocycles. The van der Waals surface area contributed by atoms with Crippen LogP contribution in [0.15, 0.2) is 12.1 Å². The van der Waals surface area contributed by atoms with E-state index < -0.39 is 0 Å². The van der Waals surface area contributed by atoms with Gasteiger partial charge in [-0.3, -0.25) is 4.79 Å². The van der Waals surface area contributed by atoms with E-state index in [2.05, 4.69) is 10.6 Å². The van der Waals surface area contributed by atoms with Gasteiger partial charge in [-0.05, 0) is 45.4 Å². The van der Waals surface area contributed by atoms with Crippen LogP contribution in [-0.4, -0.2) is 23.6 Å². The van der Waals surface area contributed by atoms with E-state index >= 15 is 0 Å². The topological polar surface area (TPSA) is 61.4 Å². The maximum absolute atomic E-state index is 12.4. The van der Waals surface area contributed by atoms with Gasteiger partial charge in [-0.15, -0.1) is 0 Å². The number of carbonyl (C=O) groups is 1. The third-order valence-electron chi connectivity index (χ3n) is 4.75. The maximum atomic E-state index is 12.4. The van der Waals surface area contributed by atoms with E-state index in [0.717, 1.165) is 24.0 Å². The fraction of sp³-hybridized carbons (Fsp3) is 0.588. The van der Waals surface area contributed by atoms with Crippen molar-refractivity contribution in [1.29, 1.82) is 0 Å². The maximum Gasteiger partial charge on any atom is 0.226 e. The van der Waals surface area contributed by atoms with Crippen LogP contribution >= 0.6 is 0 Å². The van der Waals surface area contributed by atoms with Crippen molar-refractivity contribution in [2.24, 2.45) is 0 Å². The van der Waals surface area contributed by atoms with Crippen molar-refractivity contribution in [3.63, 3.8) is 0 Å². The van der Waals surface area contributed by atoms with E-state index in [0.29, 0.717) is 12.1 Å². The third kappa shape index (κ3) is 3.56. The van der Waals surface area contributed by atoms with E-state index in [9.17, 15) is 9.90 Å². The van der Waals surface area contributed by atoms with Crippen molar-refractivity contribution in [2.45, 2.75) is 57.9 Å². The molecule has 1 aliphatic carbocycles. The lowest BCUT2D eigenvalue weighted by Gasteiger charge is -2.36. The highest BCUT2D eigenvalue weighted by molar-refractivity contribution is 5.92. The largest absolute Gasteiger partial charge is 0.507 e. The Labute approximate surface area is 126 Å². The van der Waals surface area contributed by atoms with Gasteiger partial charge in [0, 0.05) is 23.2 Å². The van der Waals surface area contributed by atoms with E-state index in [1.54, 1.807) is 0 Å². The first-order valence-corrected chi connectivity index (χ1v) is 7.75. The first kappa shape index (κ1) is 15.8. The van der Waals surface area contributed by atoms with Crippen LogP contribution in [0.1, 0.15) is 49.7 Å². The highest BCUT2D eigenvalue weighted by Crippen LogP contribution is 2.32. The molecular weight excluding hydrogens is 264 g/mol. The van der Waals surface area contributed by atoms with Crippen molar-refractivity contribution in [3.05, 3.63) is 23.3 Å². The van der Waals surface area contributed by atoms with Crippen molar-refractivity contribution in [3.8, 4) is 5.75 Å². The number of rotatable bonds is 4. The summed E-state index contributed by atoms with van der Waals surface area (Å²) in [5.74, 6) is 0.270. The van der Waals surface area contributed by atoms with Gasteiger partial charge in [0.2, 0.25) is 5.91 Å². The molecule has 0 atom stereocenters. The van der Waals surface area contributed by atoms with Crippen LogP contribution in [0.25, 0.3) is 0 Å². The average molecular weight is 290 g/mol. The minimum absolute atomic E-state index is 0.0117. The first-order chi connectivity index (χ1) is 9.97. The summed E-state index contributed by atoms with van der Waals surface area (Å²) < 4.78 is 0. The van der Waals surface area contributed by atoms with Crippen LogP contribution in [0.3, 0.4) is 0 Å². The number of hydrogen-bond donors (Lipinski definition) is 3. The van der Waals surface area contributed by atoms with Crippen LogP contribution in [0.2, 0.25) is 0 Å². The lowest BCUT2D eigenvalue weighted by atomic mass is 9.79. The fourth-order valence-electron chi connectivity index (χ4n) is 3.22. The monoisotopic (exact) mass is 290 g/mol. The number of benzene rings is 1. The van der Waals surface area contributed by atoms with Crippen LogP contribution in [-0.2, 0) is 4.79 Å². The molecule has 1 saturated carbocycles. The third-order valence-corrected chi connectivity index (χ3v) is 4.75. The predicted molar refractivity (Wildman–Crippen MR) is 85.7 cm³/mol. The second-order valence-electron chi connectivity index (χ2n) is 6.22. The molecule has 1 aromatic carbocycles. The predicted octanol–water partition coefficient (Wildman–Crippen LogP) is 3.26. The van der Waals surface area contributed by atoms with Crippen LogP contribution < -0.4 is 10.6 Å². The molecule has 4 nitrogen and oxygen atoms in total. The van der Waals surface area contributed by atoms with Gasteiger partial charge in [-0.1, -0.05) is 25.3 Å². The molecule has 21 heavy (non-hydrogen) atoms. The number of carbonyl (C=O) groups excluding carboxylic acids is 1. The van der Waals surface area contributed by atoms with Gasteiger partial charge >= 0.3 is 0 Å². The second-order valence-corrected chi connectivity index (χ2v) is 6.22. The Morgan fingerprint density at radius 3 is 2.52 bits per heavy atom. The molecule has 0 unspecified atom stereocenters. The number of anilines is 1. The summed E-state index contributed by atoms with van der Waals surface area (Å²) in [4.78, 5) is 12.4. The van der Waals surface area contributed by atoms with Crippen molar-refractivity contribution in [1.82, 2.24) is 5.32 Å². The van der Waals surface area contributed by atoms with E-state index in [4.69, 9.17) is 0 Å². The fourth-order valence-corrected chi connectivity index (χ4v) is 3.22. The molecule has 1 amide bonds. The molecule has 0 aliphatic heterocycles. The zero-order valence-corrected chi connectivity index (χ0v) is 13.3. The van der Waals surface area contributed by atoms with Crippen LogP contribution in [0.4, 0.5) is 5.69 Å². The number of aryl methyl sites for hydroxylation is 1. The number of amides is 1. The lowest BCUT2D eigenvalue weighted by Crippen LogP contribution is -2.47. The Morgan fingerprint density at radius 2 is 1.90 bits per heavy atom. The Morgan fingerprint density at radius 1 is 1.24 bits per heavy atom. The number of hydrogen-bond acceptors (Lipinski definition) is 3. The van der Waals surface area contributed by atoms with E-state index in [1.807, 2.05) is 33.0 Å². The van der Waals surface area contributed by atoms with Gasteiger partial charge in [0.05, 0.1) is 0 Å². The zero-order chi connectivity index (χ0) is 15.5. The number of nitrogens with one attached hydrogen (secondary N) is 2. The molecule has 3 N–H and O–H groups in total. The molecule has 2 rings (SSSR count). The van der Waals surface area contributed by atoms with Crippen molar-refractivity contribution >= 4 is 11.6 Å². The van der Waals surface area contributed by atoms with Gasteiger partial charge in [-0.25, -0.2) is 0 Å². The summed E-state index contributed by atoms with van der Waals surface area (Å²) in [7, 11) is 1.95. The summed E-state index contributed by atoms with van der Waals surface area (Å²) in [6, 6.07) is 3.68. The van der Waals surface area contributed by atoms with Gasteiger partial charge < -0.3 is 15.7 Å². The Balaban J connectivity index is 2.06. The molecule has 116 valence electrons. The number of phenols is 1. The molecule has 1 fully saturated rings. The summed E-state index contributed by atoms with van der Waals surface area (Å²) in [6.07, 6.45) is 6.20. The van der Waals surface area contributed by atoms with Crippen LogP contribution in [0, 0.1) is 13.8 Å². The van der Waals surface area contributed by atoms with Crippen molar-refractivity contribution in [2.75, 3.05) is 12.4 Å². The van der Waals surface area contributed by atoms with Crippen molar-refractivity contribution < 1.29 is 9.90 Å². The van der Waals surface area contributed by atoms with E-state index in [1.165, 1.54) is 19.3 Å². The van der Waals surface area contributed by atoms with Gasteiger partial charge in [0.15, 0.2) is 0 Å². The number of phenolic OH excluding ortho intramolecular Hbond substituents is 1. The zero-order valence-electron chi connectivity index (χ0n) is 13.3. The Bertz CT molecular complexity index is 520. The number of aromatic hydroxyl groups is 1. The standard InChI is InChI=1S/C17H26N2O2/c1-12-7-8-14(13(2)16(12)21)19-15(20)11-17(18-3)9-5-4-6-10-17/h7-8,18,21H,4-6,9-11H2,1-3H3,(H,19,20). The lowest BCUT2D eigenvalue weighted by molar-refractivity contribution is -0.117. The molecule has 0 saturated heterocycles. The molecule has 1 aromatic rings. The van der Waals surface area contributed by atoms with E-state index in [-0.39, 0.29) is 17.2 Å². The summed E-state index contributed by atoms with van der Waals surface area (Å²) in [6.45, 7) is 3.68. The second kappa shape index (κ2) is 6.48. The normalized spacial score (nSPS) is 17.5. The summed E-state index contributed by atoms with van der Waals surface area (Å²) in [5, 5.41) is 16.3. The summed E-state index contributed by atoms with van der Waals surface area (Å²) in [5.41, 5.74) is 2.18. The molecule has 0 heterocycles. The molecule has 0 spiro atoms. The highest BCUT2D eigenvalue weighted by Gasteiger charge is 2.32. The minimum Gasteiger partial charge on any atom is -0.507 e. The molecule has 0 radical (unpaired) electrons. The van der Waals surface area contributed by atoms with Gasteiger partial charge in [0.25, 0.3) is 0 Å². The highest BCUT2D eigenvalue weighted by atomic mass is 16.3. The quantitative estimate of drug-likeness (QED) is 0.797.